The number of carbonyl (C=O) groups excluding carboxylic acids is 1. The van der Waals surface area contributed by atoms with Crippen molar-refractivity contribution < 1.29 is 17.6 Å². The Morgan fingerprint density at radius 2 is 2.04 bits per heavy atom. The molecule has 7 nitrogen and oxygen atoms in total. The first-order valence-electron chi connectivity index (χ1n) is 7.96. The second-order valence-electron chi connectivity index (χ2n) is 6.20. The fourth-order valence-electron chi connectivity index (χ4n) is 3.24. The number of halogens is 1. The highest BCUT2D eigenvalue weighted by molar-refractivity contribution is 7.86. The van der Waals surface area contributed by atoms with Crippen LogP contribution in [0.1, 0.15) is 24.0 Å². The van der Waals surface area contributed by atoms with E-state index in [4.69, 9.17) is 5.14 Å². The molecule has 0 aromatic heterocycles. The van der Waals surface area contributed by atoms with Gasteiger partial charge in [-0.1, -0.05) is 6.07 Å². The van der Waals surface area contributed by atoms with Crippen LogP contribution in [0.5, 0.6) is 0 Å². The third kappa shape index (κ3) is 3.59. The zero-order valence-corrected chi connectivity index (χ0v) is 14.0. The van der Waals surface area contributed by atoms with Gasteiger partial charge in [-0.05, 0) is 43.0 Å². The Kier molecular flexibility index (Phi) is 4.86. The normalized spacial score (nSPS) is 19.8. The van der Waals surface area contributed by atoms with Crippen molar-refractivity contribution in [3.8, 4) is 0 Å². The van der Waals surface area contributed by atoms with Gasteiger partial charge >= 0.3 is 0 Å². The summed E-state index contributed by atoms with van der Waals surface area (Å²) in [5, 5.41) is 10.9. The zero-order chi connectivity index (χ0) is 17.3. The predicted molar refractivity (Wildman–Crippen MR) is 87.8 cm³/mol. The molecule has 4 N–H and O–H groups in total. The van der Waals surface area contributed by atoms with Crippen LogP contribution in [0.3, 0.4) is 0 Å². The molecule has 0 radical (unpaired) electrons. The lowest BCUT2D eigenvalue weighted by Gasteiger charge is -2.29. The van der Waals surface area contributed by atoms with Gasteiger partial charge in [0.05, 0.1) is 5.69 Å². The summed E-state index contributed by atoms with van der Waals surface area (Å²) < 4.78 is 38.3. The molecule has 1 aromatic rings. The maximum atomic E-state index is 14.6. The summed E-state index contributed by atoms with van der Waals surface area (Å²) in [6.45, 7) is 1.75. The Labute approximate surface area is 140 Å². The van der Waals surface area contributed by atoms with Gasteiger partial charge in [-0.15, -0.1) is 0 Å². The van der Waals surface area contributed by atoms with Crippen LogP contribution in [0.15, 0.2) is 12.1 Å². The van der Waals surface area contributed by atoms with Crippen molar-refractivity contribution in [2.75, 3.05) is 25.0 Å². The minimum absolute atomic E-state index is 0.189. The molecule has 0 bridgehead atoms. The minimum atomic E-state index is -3.72. The molecule has 0 atom stereocenters. The van der Waals surface area contributed by atoms with E-state index in [0.717, 1.165) is 9.87 Å². The van der Waals surface area contributed by atoms with Gasteiger partial charge in [0.25, 0.3) is 10.2 Å². The number of nitrogens with zero attached hydrogens (tertiary/aromatic N) is 1. The second-order valence-corrected chi connectivity index (χ2v) is 7.75. The number of anilines is 1. The van der Waals surface area contributed by atoms with Crippen molar-refractivity contribution >= 4 is 21.8 Å². The van der Waals surface area contributed by atoms with Gasteiger partial charge in [0.2, 0.25) is 5.91 Å². The van der Waals surface area contributed by atoms with Crippen molar-refractivity contribution in [1.82, 2.24) is 9.62 Å². The van der Waals surface area contributed by atoms with Crippen molar-refractivity contribution in [3.05, 3.63) is 29.1 Å². The molecular formula is C15H21FN4O3S. The van der Waals surface area contributed by atoms with Gasteiger partial charge in [-0.25, -0.2) is 9.53 Å². The predicted octanol–water partition coefficient (Wildman–Crippen LogP) is 0.325. The lowest BCUT2D eigenvalue weighted by atomic mass is 9.96. The summed E-state index contributed by atoms with van der Waals surface area (Å²) in [5.74, 6) is -0.999. The van der Waals surface area contributed by atoms with E-state index >= 15 is 0 Å². The third-order valence-electron chi connectivity index (χ3n) is 4.65. The molecular weight excluding hydrogens is 335 g/mol. The summed E-state index contributed by atoms with van der Waals surface area (Å²) >= 11 is 0. The van der Waals surface area contributed by atoms with E-state index in [-0.39, 0.29) is 36.4 Å². The number of nitrogens with two attached hydrogens (primary N) is 1. The number of carbonyl (C=O) groups is 1. The monoisotopic (exact) mass is 356 g/mol. The molecule has 24 heavy (non-hydrogen) atoms. The lowest BCUT2D eigenvalue weighted by Crippen LogP contribution is -2.44. The van der Waals surface area contributed by atoms with Gasteiger partial charge in [0.15, 0.2) is 0 Å². The molecule has 0 unspecified atom stereocenters. The standard InChI is InChI=1S/C15H21FN4O3S/c16-14-12-3-6-18-9-11(12)1-2-13(14)19-15(21)10-4-7-20(8-5-10)24(17,22)23/h1-2,10,18H,3-9H2,(H,19,21)(H2,17,22,23). The molecule has 0 aliphatic carbocycles. The third-order valence-corrected chi connectivity index (χ3v) is 5.73. The maximum absolute atomic E-state index is 14.6. The molecule has 3 rings (SSSR count). The fraction of sp³-hybridized carbons (Fsp3) is 0.533. The molecule has 2 aliphatic heterocycles. The SMILES string of the molecule is NS(=O)(=O)N1CCC(C(=O)Nc2ccc3c(c2F)CCNC3)CC1. The van der Waals surface area contributed by atoms with E-state index in [1.807, 2.05) is 6.07 Å². The molecule has 0 spiro atoms. The van der Waals surface area contributed by atoms with E-state index in [9.17, 15) is 17.6 Å². The molecule has 9 heteroatoms. The minimum Gasteiger partial charge on any atom is -0.323 e. The molecule has 1 aromatic carbocycles. The number of benzene rings is 1. The van der Waals surface area contributed by atoms with Crippen LogP contribution in [0.2, 0.25) is 0 Å². The van der Waals surface area contributed by atoms with Gasteiger partial charge in [-0.2, -0.15) is 12.7 Å². The van der Waals surface area contributed by atoms with Gasteiger partial charge < -0.3 is 10.6 Å². The summed E-state index contributed by atoms with van der Waals surface area (Å²) in [6, 6.07) is 3.41. The number of piperidine rings is 1. The number of hydrogen-bond acceptors (Lipinski definition) is 4. The van der Waals surface area contributed by atoms with E-state index in [1.54, 1.807) is 6.07 Å². The van der Waals surface area contributed by atoms with Crippen LogP contribution < -0.4 is 15.8 Å². The van der Waals surface area contributed by atoms with Gasteiger partial charge in [-0.3, -0.25) is 4.79 Å². The zero-order valence-electron chi connectivity index (χ0n) is 13.2. The summed E-state index contributed by atoms with van der Waals surface area (Å²) in [7, 11) is -3.72. The average Bonchev–Trinajstić information content (AvgIpc) is 2.57. The van der Waals surface area contributed by atoms with Crippen LogP contribution in [-0.2, 0) is 28.0 Å². The first-order valence-corrected chi connectivity index (χ1v) is 9.46. The number of amides is 1. The van der Waals surface area contributed by atoms with E-state index in [0.29, 0.717) is 37.9 Å². The van der Waals surface area contributed by atoms with Gasteiger partial charge in [0, 0.05) is 25.6 Å². The van der Waals surface area contributed by atoms with Gasteiger partial charge in [0.1, 0.15) is 5.82 Å². The van der Waals surface area contributed by atoms with Crippen LogP contribution in [0.25, 0.3) is 0 Å². The van der Waals surface area contributed by atoms with Crippen molar-refractivity contribution in [1.29, 1.82) is 0 Å². The maximum Gasteiger partial charge on any atom is 0.276 e. The summed E-state index contributed by atoms with van der Waals surface area (Å²) in [5.41, 5.74) is 1.75. The number of fused-ring (bicyclic) bond motifs is 1. The largest absolute Gasteiger partial charge is 0.323 e. The number of nitrogens with one attached hydrogen (secondary N) is 2. The highest BCUT2D eigenvalue weighted by Crippen LogP contribution is 2.26. The molecule has 2 aliphatic rings. The Morgan fingerprint density at radius 1 is 1.33 bits per heavy atom. The molecule has 132 valence electrons. The van der Waals surface area contributed by atoms with E-state index in [2.05, 4.69) is 10.6 Å². The van der Waals surface area contributed by atoms with E-state index in [1.165, 1.54) is 0 Å². The van der Waals surface area contributed by atoms with Crippen molar-refractivity contribution in [2.24, 2.45) is 11.1 Å². The Balaban J connectivity index is 1.66. The Hall–Kier alpha value is -1.55. The molecule has 2 heterocycles. The van der Waals surface area contributed by atoms with Crippen LogP contribution >= 0.6 is 0 Å². The summed E-state index contributed by atoms with van der Waals surface area (Å²) in [6.07, 6.45) is 1.34. The molecule has 0 saturated carbocycles. The highest BCUT2D eigenvalue weighted by atomic mass is 32.2. The molecule has 1 fully saturated rings. The quantitative estimate of drug-likeness (QED) is 0.726. The first-order chi connectivity index (χ1) is 11.4. The fourth-order valence-corrected chi connectivity index (χ4v) is 3.96. The average molecular weight is 356 g/mol. The van der Waals surface area contributed by atoms with Crippen LogP contribution in [0, 0.1) is 11.7 Å². The topological polar surface area (TPSA) is 105 Å². The molecule has 1 saturated heterocycles. The summed E-state index contributed by atoms with van der Waals surface area (Å²) in [4.78, 5) is 12.4. The van der Waals surface area contributed by atoms with Crippen LogP contribution in [0.4, 0.5) is 10.1 Å². The Bertz CT molecular complexity index is 745. The molecule has 1 amide bonds. The number of hydrogen-bond donors (Lipinski definition) is 3. The van der Waals surface area contributed by atoms with Crippen molar-refractivity contribution in [2.45, 2.75) is 25.8 Å². The van der Waals surface area contributed by atoms with Crippen LogP contribution in [-0.4, -0.2) is 38.3 Å². The lowest BCUT2D eigenvalue weighted by molar-refractivity contribution is -0.120. The second kappa shape index (κ2) is 6.75. The number of rotatable bonds is 3. The highest BCUT2D eigenvalue weighted by Gasteiger charge is 2.30. The smallest absolute Gasteiger partial charge is 0.276 e. The Morgan fingerprint density at radius 3 is 2.71 bits per heavy atom. The van der Waals surface area contributed by atoms with E-state index < -0.39 is 10.2 Å². The first kappa shape index (κ1) is 17.3. The van der Waals surface area contributed by atoms with Crippen molar-refractivity contribution in [3.63, 3.8) is 0 Å².